The Morgan fingerprint density at radius 2 is 1.90 bits per heavy atom. The van der Waals surface area contributed by atoms with Gasteiger partial charge >= 0.3 is 7.32 Å². The van der Waals surface area contributed by atoms with Gasteiger partial charge in [-0.25, -0.2) is 4.39 Å². The van der Waals surface area contributed by atoms with Gasteiger partial charge in [0.2, 0.25) is 5.82 Å². The average Bonchev–Trinajstić information content (AvgIpc) is 2.40. The fourth-order valence-corrected chi connectivity index (χ4v) is 1.95. The number of hydrogen-bond donors (Lipinski definition) is 2. The fraction of sp³-hybridized carbons (Fsp3) is 0.571. The van der Waals surface area contributed by atoms with Crippen LogP contribution in [0.5, 0.6) is 11.5 Å². The molecule has 21 heavy (non-hydrogen) atoms. The van der Waals surface area contributed by atoms with Crippen molar-refractivity contribution in [3.63, 3.8) is 0 Å². The van der Waals surface area contributed by atoms with E-state index in [2.05, 4.69) is 11.6 Å². The highest BCUT2D eigenvalue weighted by molar-refractivity contribution is 6.33. The monoisotopic (exact) mass is 302 g/mol. The minimum absolute atomic E-state index is 0.211. The van der Waals surface area contributed by atoms with Gasteiger partial charge in [0.15, 0.2) is 11.6 Å². The fourth-order valence-electron chi connectivity index (χ4n) is 1.95. The van der Waals surface area contributed by atoms with Crippen molar-refractivity contribution < 1.29 is 28.2 Å². The van der Waals surface area contributed by atoms with Crippen molar-refractivity contribution in [3.05, 3.63) is 23.8 Å². The van der Waals surface area contributed by atoms with Gasteiger partial charge in [-0.05, 0) is 19.8 Å². The Balaban J connectivity index is 2.66. The molecule has 1 aromatic rings. The standard InChI is InChI=1S/C14H21BF2O4/c1-3-4-5-6-7-10(2)20-13-9-11(21-15(18)19)8-12(16)14(13)17/h8-10,18-19H,3-7H2,1-2H3/t10-/m1/s1. The molecular formula is C14H21BF2O4. The van der Waals surface area contributed by atoms with Gasteiger partial charge in [0, 0.05) is 12.1 Å². The van der Waals surface area contributed by atoms with Crippen molar-refractivity contribution in [2.75, 3.05) is 0 Å². The lowest BCUT2D eigenvalue weighted by Crippen LogP contribution is -2.21. The van der Waals surface area contributed by atoms with E-state index in [0.717, 1.165) is 44.2 Å². The minimum Gasteiger partial charge on any atom is -0.512 e. The molecule has 0 aliphatic carbocycles. The molecule has 0 heterocycles. The summed E-state index contributed by atoms with van der Waals surface area (Å²) in [5, 5.41) is 17.4. The van der Waals surface area contributed by atoms with Crippen LogP contribution in [0.1, 0.15) is 46.0 Å². The van der Waals surface area contributed by atoms with Crippen molar-refractivity contribution >= 4 is 7.32 Å². The van der Waals surface area contributed by atoms with Crippen molar-refractivity contribution in [2.45, 2.75) is 52.1 Å². The number of unbranched alkanes of at least 4 members (excludes halogenated alkanes) is 3. The van der Waals surface area contributed by atoms with E-state index in [-0.39, 0.29) is 17.6 Å². The summed E-state index contributed by atoms with van der Waals surface area (Å²) in [6.45, 7) is 3.89. The second-order valence-electron chi connectivity index (χ2n) is 4.94. The highest BCUT2D eigenvalue weighted by atomic mass is 19.2. The molecule has 7 heteroatoms. The number of halogens is 2. The highest BCUT2D eigenvalue weighted by Crippen LogP contribution is 2.28. The van der Waals surface area contributed by atoms with Crippen LogP contribution < -0.4 is 9.39 Å². The molecule has 0 saturated carbocycles. The third-order valence-electron chi connectivity index (χ3n) is 3.00. The molecule has 0 aromatic heterocycles. The van der Waals surface area contributed by atoms with E-state index in [1.807, 2.05) is 0 Å². The van der Waals surface area contributed by atoms with Crippen LogP contribution >= 0.6 is 0 Å². The van der Waals surface area contributed by atoms with Gasteiger partial charge in [0.05, 0.1) is 6.10 Å². The van der Waals surface area contributed by atoms with Crippen LogP contribution in [-0.4, -0.2) is 23.5 Å². The molecule has 0 bridgehead atoms. The summed E-state index contributed by atoms with van der Waals surface area (Å²) in [6, 6.07) is 1.83. The summed E-state index contributed by atoms with van der Waals surface area (Å²) >= 11 is 0. The molecule has 0 amide bonds. The van der Waals surface area contributed by atoms with E-state index in [4.69, 9.17) is 14.8 Å². The minimum atomic E-state index is -2.10. The Kier molecular flexibility index (Phi) is 7.46. The van der Waals surface area contributed by atoms with Gasteiger partial charge in [-0.3, -0.25) is 0 Å². The summed E-state index contributed by atoms with van der Waals surface area (Å²) in [6.07, 6.45) is 4.73. The van der Waals surface area contributed by atoms with Gasteiger partial charge in [0.25, 0.3) is 0 Å². The third kappa shape index (κ3) is 6.31. The Morgan fingerprint density at radius 1 is 1.19 bits per heavy atom. The van der Waals surface area contributed by atoms with Crippen LogP contribution in [-0.2, 0) is 0 Å². The van der Waals surface area contributed by atoms with E-state index in [1.54, 1.807) is 6.92 Å². The van der Waals surface area contributed by atoms with Gasteiger partial charge in [-0.2, -0.15) is 4.39 Å². The number of benzene rings is 1. The van der Waals surface area contributed by atoms with E-state index in [1.165, 1.54) is 0 Å². The van der Waals surface area contributed by atoms with Crippen molar-refractivity contribution in [2.24, 2.45) is 0 Å². The van der Waals surface area contributed by atoms with Gasteiger partial charge < -0.3 is 19.4 Å². The summed E-state index contributed by atoms with van der Waals surface area (Å²) in [5.41, 5.74) is 0. The van der Waals surface area contributed by atoms with Crippen LogP contribution in [0.25, 0.3) is 0 Å². The quantitative estimate of drug-likeness (QED) is 0.544. The molecule has 0 aliphatic rings. The molecule has 0 saturated heterocycles. The normalized spacial score (nSPS) is 12.1. The molecule has 0 radical (unpaired) electrons. The maximum atomic E-state index is 13.6. The van der Waals surface area contributed by atoms with Crippen molar-refractivity contribution in [3.8, 4) is 11.5 Å². The molecule has 0 unspecified atom stereocenters. The molecule has 1 rings (SSSR count). The lowest BCUT2D eigenvalue weighted by Gasteiger charge is -2.16. The van der Waals surface area contributed by atoms with Crippen molar-refractivity contribution in [1.82, 2.24) is 0 Å². The third-order valence-corrected chi connectivity index (χ3v) is 3.00. The van der Waals surface area contributed by atoms with E-state index in [0.29, 0.717) is 0 Å². The topological polar surface area (TPSA) is 58.9 Å². The molecule has 1 aromatic carbocycles. The van der Waals surface area contributed by atoms with Crippen LogP contribution in [0.2, 0.25) is 0 Å². The van der Waals surface area contributed by atoms with E-state index >= 15 is 0 Å². The predicted molar refractivity (Wildman–Crippen MR) is 76.0 cm³/mol. The molecule has 0 aliphatic heterocycles. The Morgan fingerprint density at radius 3 is 2.52 bits per heavy atom. The van der Waals surface area contributed by atoms with Crippen molar-refractivity contribution in [1.29, 1.82) is 0 Å². The smallest absolute Gasteiger partial charge is 0.512 e. The first-order chi connectivity index (χ1) is 9.93. The zero-order chi connectivity index (χ0) is 15.8. The van der Waals surface area contributed by atoms with Crippen LogP contribution in [0.3, 0.4) is 0 Å². The number of hydrogen-bond acceptors (Lipinski definition) is 4. The Labute approximate surface area is 123 Å². The molecule has 118 valence electrons. The maximum absolute atomic E-state index is 13.6. The van der Waals surface area contributed by atoms with E-state index in [9.17, 15) is 8.78 Å². The van der Waals surface area contributed by atoms with Gasteiger partial charge in [-0.15, -0.1) is 0 Å². The first-order valence-corrected chi connectivity index (χ1v) is 7.12. The predicted octanol–water partition coefficient (Wildman–Crippen LogP) is 3.05. The molecule has 0 spiro atoms. The molecule has 2 N–H and O–H groups in total. The van der Waals surface area contributed by atoms with Gasteiger partial charge in [0.1, 0.15) is 5.75 Å². The highest BCUT2D eigenvalue weighted by Gasteiger charge is 2.18. The second kappa shape index (κ2) is 8.84. The number of rotatable bonds is 9. The van der Waals surface area contributed by atoms with Crippen LogP contribution in [0.4, 0.5) is 8.78 Å². The SMILES string of the molecule is CCCCCC[C@@H](C)Oc1cc(OB(O)O)cc(F)c1F. The van der Waals surface area contributed by atoms with Gasteiger partial charge in [-0.1, -0.05) is 26.2 Å². The number of ether oxygens (including phenoxy) is 1. The summed E-state index contributed by atoms with van der Waals surface area (Å²) < 4.78 is 36.9. The zero-order valence-electron chi connectivity index (χ0n) is 12.3. The van der Waals surface area contributed by atoms with E-state index < -0.39 is 19.0 Å². The first kappa shape index (κ1) is 17.7. The molecular weight excluding hydrogens is 281 g/mol. The Bertz CT molecular complexity index is 443. The summed E-state index contributed by atoms with van der Waals surface area (Å²) in [7, 11) is -2.10. The van der Waals surface area contributed by atoms with Crippen LogP contribution in [0.15, 0.2) is 12.1 Å². The largest absolute Gasteiger partial charge is 0.707 e. The Hall–Kier alpha value is -1.34. The van der Waals surface area contributed by atoms with Crippen LogP contribution in [0, 0.1) is 11.6 Å². The summed E-state index contributed by atoms with van der Waals surface area (Å²) in [4.78, 5) is 0. The first-order valence-electron chi connectivity index (χ1n) is 7.12. The lowest BCUT2D eigenvalue weighted by molar-refractivity contribution is 0.194. The molecule has 0 fully saturated rings. The molecule has 1 atom stereocenters. The second-order valence-corrected chi connectivity index (χ2v) is 4.94. The maximum Gasteiger partial charge on any atom is 0.707 e. The lowest BCUT2D eigenvalue weighted by atomic mass is 10.1. The molecule has 4 nitrogen and oxygen atoms in total. The summed E-state index contributed by atoms with van der Waals surface area (Å²) in [5.74, 6) is -2.79. The average molecular weight is 302 g/mol. The zero-order valence-corrected chi connectivity index (χ0v) is 12.3.